The molecule has 2 nitrogen and oxygen atoms in total. The molecule has 0 aromatic heterocycles. The van der Waals surface area contributed by atoms with Crippen molar-refractivity contribution in [3.8, 4) is 11.1 Å². The number of nitrogens with two attached hydrogens (primary N) is 1. The molecule has 3 rings (SSSR count). The van der Waals surface area contributed by atoms with Gasteiger partial charge in [-0.15, -0.1) is 0 Å². The van der Waals surface area contributed by atoms with Crippen LogP contribution in [0.5, 0.6) is 0 Å². The predicted octanol–water partition coefficient (Wildman–Crippen LogP) is 2.51. The third-order valence-electron chi connectivity index (χ3n) is 3.74. The van der Waals surface area contributed by atoms with Crippen molar-refractivity contribution in [2.24, 2.45) is 5.73 Å². The molecule has 2 heteroatoms. The Morgan fingerprint density at radius 1 is 0.944 bits per heavy atom. The Hall–Kier alpha value is -1.64. The molecule has 18 heavy (non-hydrogen) atoms. The van der Waals surface area contributed by atoms with E-state index in [1.54, 1.807) is 0 Å². The average Bonchev–Trinajstić information content (AvgIpc) is 2.74. The van der Waals surface area contributed by atoms with Crippen molar-refractivity contribution >= 4 is 0 Å². The molecule has 0 bridgehead atoms. The summed E-state index contributed by atoms with van der Waals surface area (Å²) in [7, 11) is 0. The highest BCUT2D eigenvalue weighted by Crippen LogP contribution is 2.46. The second-order valence-corrected chi connectivity index (χ2v) is 4.85. The maximum absolute atomic E-state index is 9.84. The van der Waals surface area contributed by atoms with Gasteiger partial charge in [0, 0.05) is 12.5 Å². The second kappa shape index (κ2) is 4.56. The number of benzene rings is 2. The van der Waals surface area contributed by atoms with Gasteiger partial charge in [0.1, 0.15) is 0 Å². The Kier molecular flexibility index (Phi) is 2.90. The highest BCUT2D eigenvalue weighted by molar-refractivity contribution is 5.78. The molecule has 1 unspecified atom stereocenters. The molecular weight excluding hydrogens is 222 g/mol. The van der Waals surface area contributed by atoms with Gasteiger partial charge in [0.15, 0.2) is 0 Å². The summed E-state index contributed by atoms with van der Waals surface area (Å²) < 4.78 is 0. The van der Waals surface area contributed by atoms with E-state index in [-0.39, 0.29) is 5.92 Å². The van der Waals surface area contributed by atoms with E-state index < -0.39 is 6.10 Å². The van der Waals surface area contributed by atoms with Crippen molar-refractivity contribution < 1.29 is 5.11 Å². The zero-order valence-corrected chi connectivity index (χ0v) is 10.2. The van der Waals surface area contributed by atoms with E-state index in [4.69, 9.17) is 5.73 Å². The minimum atomic E-state index is -0.436. The van der Waals surface area contributed by atoms with Gasteiger partial charge in [0.05, 0.1) is 6.10 Å². The van der Waals surface area contributed by atoms with Crippen LogP contribution < -0.4 is 5.73 Å². The number of aliphatic hydroxyl groups excluding tert-OH is 1. The summed E-state index contributed by atoms with van der Waals surface area (Å²) in [6.45, 7) is 0.320. The third kappa shape index (κ3) is 1.74. The fourth-order valence-corrected chi connectivity index (χ4v) is 2.88. The number of hydrogen-bond donors (Lipinski definition) is 2. The van der Waals surface area contributed by atoms with Gasteiger partial charge in [-0.3, -0.25) is 0 Å². The van der Waals surface area contributed by atoms with Crippen LogP contribution in [0.15, 0.2) is 48.5 Å². The monoisotopic (exact) mass is 239 g/mol. The predicted molar refractivity (Wildman–Crippen MR) is 73.4 cm³/mol. The van der Waals surface area contributed by atoms with Crippen molar-refractivity contribution in [1.29, 1.82) is 0 Å². The Bertz CT molecular complexity index is 519. The minimum Gasteiger partial charge on any atom is -0.392 e. The van der Waals surface area contributed by atoms with E-state index in [9.17, 15) is 5.11 Å². The number of hydrogen-bond acceptors (Lipinski definition) is 2. The Balaban J connectivity index is 2.09. The lowest BCUT2D eigenvalue weighted by molar-refractivity contribution is 0.168. The largest absolute Gasteiger partial charge is 0.392 e. The van der Waals surface area contributed by atoms with Gasteiger partial charge >= 0.3 is 0 Å². The zero-order chi connectivity index (χ0) is 12.5. The van der Waals surface area contributed by atoms with Crippen LogP contribution in [0.1, 0.15) is 23.5 Å². The molecule has 0 aliphatic heterocycles. The van der Waals surface area contributed by atoms with Gasteiger partial charge in [-0.05, 0) is 28.7 Å². The number of aliphatic hydroxyl groups is 1. The molecule has 1 atom stereocenters. The highest BCUT2D eigenvalue weighted by atomic mass is 16.3. The van der Waals surface area contributed by atoms with Crippen molar-refractivity contribution in [3.05, 3.63) is 59.7 Å². The van der Waals surface area contributed by atoms with E-state index in [0.29, 0.717) is 13.0 Å². The van der Waals surface area contributed by atoms with Crippen LogP contribution in [0.2, 0.25) is 0 Å². The smallest absolute Gasteiger partial charge is 0.0671 e. The fourth-order valence-electron chi connectivity index (χ4n) is 2.88. The van der Waals surface area contributed by atoms with Gasteiger partial charge in [-0.1, -0.05) is 48.5 Å². The maximum Gasteiger partial charge on any atom is 0.0671 e. The van der Waals surface area contributed by atoms with Crippen LogP contribution in [0, 0.1) is 0 Å². The fraction of sp³-hybridized carbons (Fsp3) is 0.250. The van der Waals surface area contributed by atoms with Crippen LogP contribution in [0.3, 0.4) is 0 Å². The Morgan fingerprint density at radius 3 is 1.94 bits per heavy atom. The lowest BCUT2D eigenvalue weighted by atomic mass is 9.91. The molecule has 2 aromatic carbocycles. The van der Waals surface area contributed by atoms with E-state index >= 15 is 0 Å². The number of fused-ring (bicyclic) bond motifs is 3. The van der Waals surface area contributed by atoms with Gasteiger partial charge in [-0.25, -0.2) is 0 Å². The Morgan fingerprint density at radius 2 is 1.44 bits per heavy atom. The maximum atomic E-state index is 9.84. The normalized spacial score (nSPS) is 15.2. The van der Waals surface area contributed by atoms with Crippen LogP contribution in [-0.4, -0.2) is 17.8 Å². The quantitative estimate of drug-likeness (QED) is 0.864. The summed E-state index contributed by atoms with van der Waals surface area (Å²) in [5.74, 6) is 0.274. The first-order valence-corrected chi connectivity index (χ1v) is 6.37. The summed E-state index contributed by atoms with van der Waals surface area (Å²) in [4.78, 5) is 0. The van der Waals surface area contributed by atoms with Crippen molar-refractivity contribution in [2.45, 2.75) is 18.4 Å². The van der Waals surface area contributed by atoms with Crippen LogP contribution >= 0.6 is 0 Å². The highest BCUT2D eigenvalue weighted by Gasteiger charge is 2.29. The first-order valence-electron chi connectivity index (χ1n) is 6.37. The molecule has 0 amide bonds. The van der Waals surface area contributed by atoms with Gasteiger partial charge in [0.2, 0.25) is 0 Å². The molecule has 2 aromatic rings. The van der Waals surface area contributed by atoms with Gasteiger partial charge < -0.3 is 10.8 Å². The first kappa shape index (κ1) is 11.5. The van der Waals surface area contributed by atoms with Crippen LogP contribution in [0.25, 0.3) is 11.1 Å². The molecule has 0 heterocycles. The lowest BCUT2D eigenvalue weighted by Crippen LogP contribution is -2.22. The lowest BCUT2D eigenvalue weighted by Gasteiger charge is -2.16. The number of rotatable bonds is 3. The standard InChI is InChI=1S/C16H17NO/c17-10-11(18)9-16-14-7-3-1-5-12(14)13-6-2-4-8-15(13)16/h1-8,11,16,18H,9-10,17H2. The second-order valence-electron chi connectivity index (χ2n) is 4.85. The van der Waals surface area contributed by atoms with Crippen molar-refractivity contribution in [2.75, 3.05) is 6.54 Å². The van der Waals surface area contributed by atoms with Crippen LogP contribution in [-0.2, 0) is 0 Å². The summed E-state index contributed by atoms with van der Waals surface area (Å²) >= 11 is 0. The first-order chi connectivity index (χ1) is 8.81. The molecule has 0 saturated carbocycles. The van der Waals surface area contributed by atoms with E-state index in [0.717, 1.165) is 0 Å². The topological polar surface area (TPSA) is 46.2 Å². The summed E-state index contributed by atoms with van der Waals surface area (Å²) in [6.07, 6.45) is 0.263. The molecule has 1 aliphatic carbocycles. The summed E-state index contributed by atoms with van der Waals surface area (Å²) in [6, 6.07) is 16.9. The average molecular weight is 239 g/mol. The van der Waals surface area contributed by atoms with E-state index in [1.165, 1.54) is 22.3 Å². The molecule has 0 spiro atoms. The molecular formula is C16H17NO. The molecule has 0 fully saturated rings. The van der Waals surface area contributed by atoms with Gasteiger partial charge in [-0.2, -0.15) is 0 Å². The third-order valence-corrected chi connectivity index (χ3v) is 3.74. The van der Waals surface area contributed by atoms with E-state index in [2.05, 4.69) is 48.5 Å². The molecule has 3 N–H and O–H groups in total. The minimum absolute atomic E-state index is 0.274. The van der Waals surface area contributed by atoms with Crippen molar-refractivity contribution in [1.82, 2.24) is 0 Å². The molecule has 1 aliphatic rings. The van der Waals surface area contributed by atoms with Crippen molar-refractivity contribution in [3.63, 3.8) is 0 Å². The molecule has 0 saturated heterocycles. The summed E-state index contributed by atoms with van der Waals surface area (Å²) in [5.41, 5.74) is 10.8. The molecule has 0 radical (unpaired) electrons. The van der Waals surface area contributed by atoms with Gasteiger partial charge in [0.25, 0.3) is 0 Å². The Labute approximate surface area is 107 Å². The zero-order valence-electron chi connectivity index (χ0n) is 10.2. The summed E-state index contributed by atoms with van der Waals surface area (Å²) in [5, 5.41) is 9.84. The molecule has 92 valence electrons. The van der Waals surface area contributed by atoms with Crippen LogP contribution in [0.4, 0.5) is 0 Å². The SMILES string of the molecule is NCC(O)CC1c2ccccc2-c2ccccc21. The van der Waals surface area contributed by atoms with E-state index in [1.807, 2.05) is 0 Å².